The van der Waals surface area contributed by atoms with Gasteiger partial charge in [-0.25, -0.2) is 79.7 Å². The average molecular weight is 2070 g/mol. The molecule has 13 N–H and O–H groups in total. The molecule has 1 aliphatic heterocycles. The highest BCUT2D eigenvalue weighted by Gasteiger charge is 2.34. The van der Waals surface area contributed by atoms with Crippen LogP contribution < -0.4 is 39.3 Å². The Bertz CT molecular complexity index is 7780. The number of fused-ring (bicyclic) bond motifs is 6. The quantitative estimate of drug-likeness (QED) is 0.0120. The Morgan fingerprint density at radius 2 is 0.573 bits per heavy atom. The SMILES string of the molecule is C=CCSc1nc2c(C(N)=O)nc(-c3ccc(C)cc3)nc2n1CCCC.CCCCn1c(=S)[nH]c2c(C(N)=O)nc(-c3ccc(C)cc3)nc21.CCCCn1c(C)nc2c(C(N)=O)nc(-c3ccc(C)cc3)nc21.CCCCn1c(C)nc2c(C(N)=O)nc(-c3ccc(C)cc3)nc21.CCCCn1c(C)nc2c(C(N)=O)nc(-c3ccc(C)cc3)nc21.Cc1ccc(-c2nc(C(N)=O)c3c(n2)N(c2ccc(C)cc2)C(=S)C3)cc1. The Balaban J connectivity index is 0.000000142. The van der Waals surface area contributed by atoms with Gasteiger partial charge in [-0.15, -0.1) is 6.58 Å². The molecule has 12 heterocycles. The minimum Gasteiger partial charge on any atom is -0.364 e. The number of thioether (sulfide) groups is 1. The summed E-state index contributed by atoms with van der Waals surface area (Å²) in [5, 5.41) is 0.802. The van der Waals surface area contributed by atoms with Crippen molar-refractivity contribution in [2.24, 2.45) is 34.4 Å². The van der Waals surface area contributed by atoms with Gasteiger partial charge >= 0.3 is 0 Å². The van der Waals surface area contributed by atoms with Gasteiger partial charge in [0.15, 0.2) is 102 Å². The minimum atomic E-state index is -0.602. The van der Waals surface area contributed by atoms with E-state index in [2.05, 4.69) is 121 Å². The van der Waals surface area contributed by atoms with Gasteiger partial charge in [-0.3, -0.25) is 33.7 Å². The number of imidazole rings is 5. The molecule has 0 fully saturated rings. The minimum absolute atomic E-state index is 0.159. The van der Waals surface area contributed by atoms with Gasteiger partial charge in [0, 0.05) is 89.5 Å². The highest BCUT2D eigenvalue weighted by molar-refractivity contribution is 7.99. The first kappa shape index (κ1) is 109. The number of carbonyl (C=O) groups excluding carboxylic acids is 6. The van der Waals surface area contributed by atoms with E-state index in [0.717, 1.165) is 203 Å². The van der Waals surface area contributed by atoms with Crippen LogP contribution >= 0.6 is 36.2 Å². The van der Waals surface area contributed by atoms with E-state index in [1.165, 1.54) is 0 Å². The largest absolute Gasteiger partial charge is 0.364 e. The lowest BCUT2D eigenvalue weighted by Crippen LogP contribution is -2.20. The number of hydrogen-bond donors (Lipinski definition) is 7. The molecule has 770 valence electrons. The standard InChI is InChI=1S/C21H18N4OS.C20H23N5OS.3C18H21N5O.C17H19N5OS/c1-12-3-7-14(8-4-12)20-23-18(19(22)26)16-11-17(27)25(21(16)24-20)15-9-5-13(2)6-10-15;1-4-6-11-25-19-16(23-20(25)27-12-5-2)15(17(21)26)22-18(24-19)14-9-7-13(3)8-10-14;3*1-4-5-10-23-12(3)20-15-14(16(19)24)21-17(22-18(15)23)13-8-6-11(2)7-9-13;1-3-4-9-22-16-13(20-17(22)24)12(14(18)23)19-15(21-16)11-7-5-10(2)6-8-11/h3-10H,11H2,1-2H3,(H2,22,26);5,7-10H,2,4,6,11-12H2,1,3H3,(H2,21,26);3*6-9H,4-5,10H2,1-3H3,(H2,19,24);5-8H,3-4,9H2,1-2H3,(H2,18,23)(H,20,24). The molecule has 19 rings (SSSR count). The third-order valence-corrected chi connectivity index (χ3v) is 26.5. The summed E-state index contributed by atoms with van der Waals surface area (Å²) >= 11 is 12.5. The van der Waals surface area contributed by atoms with Crippen molar-refractivity contribution in [3.8, 4) is 68.3 Å². The van der Waals surface area contributed by atoms with Crippen LogP contribution in [-0.4, -0.2) is 154 Å². The Morgan fingerprint density at radius 1 is 0.320 bits per heavy atom. The number of H-pyrrole nitrogens is 1. The van der Waals surface area contributed by atoms with Gasteiger partial charge in [0.05, 0.1) is 4.99 Å². The summed E-state index contributed by atoms with van der Waals surface area (Å²) in [6.45, 7) is 38.2. The molecular formula is C112H123N29O6S3. The fourth-order valence-electron chi connectivity index (χ4n) is 16.6. The van der Waals surface area contributed by atoms with Crippen LogP contribution in [0.2, 0.25) is 0 Å². The summed E-state index contributed by atoms with van der Waals surface area (Å²) in [6, 6.07) is 55.2. The zero-order chi connectivity index (χ0) is 108. The van der Waals surface area contributed by atoms with E-state index in [-0.39, 0.29) is 34.2 Å². The molecule has 0 saturated heterocycles. The Morgan fingerprint density at radius 3 is 0.867 bits per heavy atom. The number of hydrogen-bond acceptors (Lipinski definition) is 25. The fraction of sp³-hybridized carbons (Fsp3) is 0.286. The fourth-order valence-corrected chi connectivity index (χ4v) is 17.9. The molecule has 0 aliphatic carbocycles. The first-order valence-electron chi connectivity index (χ1n) is 49.8. The number of nitrogens with two attached hydrogens (primary N) is 6. The molecule has 38 heteroatoms. The Hall–Kier alpha value is -16.6. The summed E-state index contributed by atoms with van der Waals surface area (Å²) in [5.41, 5.74) is 54.8. The zero-order valence-electron chi connectivity index (χ0n) is 86.9. The second-order valence-corrected chi connectivity index (χ2v) is 38.5. The highest BCUT2D eigenvalue weighted by Crippen LogP contribution is 2.39. The predicted molar refractivity (Wildman–Crippen MR) is 597 cm³/mol. The molecular weight excluding hydrogens is 1940 g/mol. The third kappa shape index (κ3) is 25.3. The lowest BCUT2D eigenvalue weighted by atomic mass is 10.1. The van der Waals surface area contributed by atoms with Gasteiger partial charge in [0.1, 0.15) is 56.6 Å². The number of primary amides is 6. The summed E-state index contributed by atoms with van der Waals surface area (Å²) in [7, 11) is 0. The number of anilines is 2. The third-order valence-electron chi connectivity index (χ3n) is 24.9. The van der Waals surface area contributed by atoms with Gasteiger partial charge in [-0.2, -0.15) is 0 Å². The van der Waals surface area contributed by atoms with E-state index >= 15 is 0 Å². The lowest BCUT2D eigenvalue weighted by Gasteiger charge is -2.19. The predicted octanol–water partition coefficient (Wildman–Crippen LogP) is 20.3. The van der Waals surface area contributed by atoms with E-state index < -0.39 is 35.4 Å². The van der Waals surface area contributed by atoms with Crippen LogP contribution in [0, 0.1) is 74.0 Å². The molecule has 11 aromatic heterocycles. The molecule has 18 aromatic rings. The highest BCUT2D eigenvalue weighted by atomic mass is 32.2. The van der Waals surface area contributed by atoms with Crippen molar-refractivity contribution >= 4 is 144 Å². The first-order valence-corrected chi connectivity index (χ1v) is 51.6. The van der Waals surface area contributed by atoms with Crippen molar-refractivity contribution in [2.45, 2.75) is 212 Å². The second-order valence-electron chi connectivity index (χ2n) is 36.6. The summed E-state index contributed by atoms with van der Waals surface area (Å²) in [5.74, 6) is 3.15. The van der Waals surface area contributed by atoms with Crippen LogP contribution in [0.25, 0.3) is 124 Å². The number of aromatic nitrogens is 22. The molecule has 7 aromatic carbocycles. The van der Waals surface area contributed by atoms with Crippen LogP contribution in [0.3, 0.4) is 0 Å². The smallest absolute Gasteiger partial charge is 0.269 e. The summed E-state index contributed by atoms with van der Waals surface area (Å²) in [4.78, 5) is 150. The first-order chi connectivity index (χ1) is 72.0. The topological polar surface area (TPSA) is 508 Å². The molecule has 35 nitrogen and oxygen atoms in total. The monoisotopic (exact) mass is 2070 g/mol. The van der Waals surface area contributed by atoms with E-state index in [1.807, 2.05) is 268 Å². The molecule has 0 unspecified atom stereocenters. The normalized spacial score (nSPS) is 11.4. The summed E-state index contributed by atoms with van der Waals surface area (Å²) < 4.78 is 10.6. The number of unbranched alkanes of at least 4 members (excludes halogenated alkanes) is 5. The van der Waals surface area contributed by atoms with E-state index in [4.69, 9.17) is 68.8 Å². The molecule has 0 atom stereocenters. The maximum Gasteiger partial charge on any atom is 0.269 e. The number of thiocarbonyl (C=S) groups is 1. The molecule has 150 heavy (non-hydrogen) atoms. The van der Waals surface area contributed by atoms with Gasteiger partial charge in [0.25, 0.3) is 35.4 Å². The van der Waals surface area contributed by atoms with Crippen LogP contribution in [-0.2, 0) is 39.1 Å². The van der Waals surface area contributed by atoms with E-state index in [9.17, 15) is 28.8 Å². The molecule has 6 amide bonds. The molecule has 0 bridgehead atoms. The number of nitrogens with zero attached hydrogens (tertiary/aromatic N) is 22. The Kier molecular flexibility index (Phi) is 35.8. The molecule has 1 aliphatic rings. The van der Waals surface area contributed by atoms with Crippen LogP contribution in [0.15, 0.2) is 188 Å². The maximum atomic E-state index is 12.1. The van der Waals surface area contributed by atoms with Crippen molar-refractivity contribution in [1.29, 1.82) is 0 Å². The number of aromatic amines is 1. The molecule has 0 saturated carbocycles. The van der Waals surface area contributed by atoms with Crippen molar-refractivity contribution in [3.05, 3.63) is 283 Å². The van der Waals surface area contributed by atoms with Crippen molar-refractivity contribution < 1.29 is 28.8 Å². The molecule has 0 radical (unpaired) electrons. The Labute approximate surface area is 883 Å². The van der Waals surface area contributed by atoms with Gasteiger partial charge in [-0.1, -0.05) is 293 Å². The number of benzene rings is 7. The number of rotatable bonds is 31. The zero-order valence-corrected chi connectivity index (χ0v) is 89.4. The summed E-state index contributed by atoms with van der Waals surface area (Å²) in [6.07, 6.45) is 12.5. The van der Waals surface area contributed by atoms with Crippen molar-refractivity contribution in [2.75, 3.05) is 10.7 Å². The van der Waals surface area contributed by atoms with Gasteiger partial charge in [0.2, 0.25) is 0 Å². The number of aryl methyl sites for hydroxylation is 15. The van der Waals surface area contributed by atoms with Crippen molar-refractivity contribution in [3.63, 3.8) is 0 Å². The number of nitrogens with one attached hydrogen (secondary N) is 1. The van der Waals surface area contributed by atoms with Gasteiger partial charge < -0.3 is 62.2 Å². The van der Waals surface area contributed by atoms with Crippen LogP contribution in [0.5, 0.6) is 0 Å². The van der Waals surface area contributed by atoms with E-state index in [1.54, 1.807) is 11.8 Å². The maximum absolute atomic E-state index is 12.1. The van der Waals surface area contributed by atoms with Gasteiger partial charge in [-0.05, 0) is 126 Å². The second kappa shape index (κ2) is 49.3. The average Bonchev–Trinajstić information content (AvgIpc) is 1.58. The molecule has 0 spiro atoms. The number of amides is 6. The van der Waals surface area contributed by atoms with E-state index in [0.29, 0.717) is 118 Å². The van der Waals surface area contributed by atoms with Crippen LogP contribution in [0.1, 0.15) is 224 Å². The number of carbonyl (C=O) groups is 6. The lowest BCUT2D eigenvalue weighted by molar-refractivity contribution is 0.0987. The van der Waals surface area contributed by atoms with Crippen molar-refractivity contribution in [1.82, 2.24) is 108 Å². The van der Waals surface area contributed by atoms with Crippen LogP contribution in [0.4, 0.5) is 11.5 Å².